The Hall–Kier alpha value is -3.01. The molecule has 0 saturated heterocycles. The van der Waals surface area contributed by atoms with Gasteiger partial charge in [0, 0.05) is 11.6 Å². The highest BCUT2D eigenvalue weighted by atomic mass is 15.1. The second-order valence-corrected chi connectivity index (χ2v) is 5.53. The molecule has 2 aromatic heterocycles. The summed E-state index contributed by atoms with van der Waals surface area (Å²) in [6, 6.07) is 10.2. The number of hydrogen-bond donors (Lipinski definition) is 1. The number of rotatable bonds is 3. The van der Waals surface area contributed by atoms with Gasteiger partial charge in [-0.1, -0.05) is 24.3 Å². The van der Waals surface area contributed by atoms with Crippen LogP contribution in [-0.2, 0) is 0 Å². The van der Waals surface area contributed by atoms with Gasteiger partial charge in [0.15, 0.2) is 0 Å². The van der Waals surface area contributed by atoms with Crippen molar-refractivity contribution >= 4 is 28.1 Å². The van der Waals surface area contributed by atoms with Crippen molar-refractivity contribution in [3.8, 4) is 0 Å². The molecule has 0 unspecified atom stereocenters. The van der Waals surface area contributed by atoms with E-state index in [0.717, 1.165) is 28.7 Å². The molecule has 0 bridgehead atoms. The van der Waals surface area contributed by atoms with Gasteiger partial charge in [-0.15, -0.1) is 0 Å². The van der Waals surface area contributed by atoms with Crippen molar-refractivity contribution in [1.29, 1.82) is 0 Å². The van der Waals surface area contributed by atoms with E-state index in [-0.39, 0.29) is 0 Å². The van der Waals surface area contributed by atoms with Crippen molar-refractivity contribution in [2.45, 2.75) is 13.3 Å². The minimum Gasteiger partial charge on any atom is -0.323 e. The zero-order valence-electron chi connectivity index (χ0n) is 12.8. The first kappa shape index (κ1) is 13.6. The van der Waals surface area contributed by atoms with E-state index in [1.807, 2.05) is 19.1 Å². The fraction of sp³-hybridized carbons (Fsp3) is 0.105. The lowest BCUT2D eigenvalue weighted by Crippen LogP contribution is -2.00. The van der Waals surface area contributed by atoms with Gasteiger partial charge in [-0.2, -0.15) is 0 Å². The fourth-order valence-electron chi connectivity index (χ4n) is 2.75. The average Bonchev–Trinajstić information content (AvgIpc) is 3.10. The molecule has 4 nitrogen and oxygen atoms in total. The molecule has 0 saturated carbocycles. The largest absolute Gasteiger partial charge is 0.323 e. The predicted octanol–water partition coefficient (Wildman–Crippen LogP) is 4.42. The third-order valence-electron chi connectivity index (χ3n) is 3.91. The summed E-state index contributed by atoms with van der Waals surface area (Å²) in [6.45, 7) is 2.01. The van der Waals surface area contributed by atoms with E-state index in [4.69, 9.17) is 0 Å². The Morgan fingerprint density at radius 3 is 2.87 bits per heavy atom. The van der Waals surface area contributed by atoms with Gasteiger partial charge in [0.1, 0.15) is 0 Å². The van der Waals surface area contributed by atoms with Gasteiger partial charge in [-0.3, -0.25) is 4.98 Å². The molecule has 1 aromatic carbocycles. The van der Waals surface area contributed by atoms with Gasteiger partial charge in [-0.25, -0.2) is 9.97 Å². The van der Waals surface area contributed by atoms with Crippen LogP contribution in [0.5, 0.6) is 0 Å². The van der Waals surface area contributed by atoms with Crippen molar-refractivity contribution < 1.29 is 0 Å². The summed E-state index contributed by atoms with van der Waals surface area (Å²) in [5.74, 6) is 0.593. The van der Waals surface area contributed by atoms with Crippen LogP contribution in [0.25, 0.3) is 16.5 Å². The summed E-state index contributed by atoms with van der Waals surface area (Å²) < 4.78 is 0. The second kappa shape index (κ2) is 5.65. The number of anilines is 2. The van der Waals surface area contributed by atoms with Crippen molar-refractivity contribution in [2.24, 2.45) is 0 Å². The molecule has 4 heteroatoms. The quantitative estimate of drug-likeness (QED) is 0.778. The van der Waals surface area contributed by atoms with Crippen LogP contribution in [0.3, 0.4) is 0 Å². The second-order valence-electron chi connectivity index (χ2n) is 5.53. The average molecular weight is 300 g/mol. The van der Waals surface area contributed by atoms with Crippen LogP contribution in [0.15, 0.2) is 61.0 Å². The molecule has 3 aromatic rings. The highest BCUT2D eigenvalue weighted by Gasteiger charge is 2.08. The molecule has 2 heterocycles. The normalized spacial score (nSPS) is 13.3. The molecule has 0 spiro atoms. The molecule has 4 rings (SSSR count). The molecule has 0 aliphatic heterocycles. The zero-order valence-corrected chi connectivity index (χ0v) is 12.8. The van der Waals surface area contributed by atoms with E-state index in [9.17, 15) is 0 Å². The first-order valence-electron chi connectivity index (χ1n) is 7.62. The number of allylic oxidation sites excluding steroid dienone is 4. The molecular weight excluding hydrogens is 284 g/mol. The first-order valence-corrected chi connectivity index (χ1v) is 7.62. The number of pyridine rings is 1. The zero-order chi connectivity index (χ0) is 15.6. The van der Waals surface area contributed by atoms with Gasteiger partial charge in [0.25, 0.3) is 0 Å². The third-order valence-corrected chi connectivity index (χ3v) is 3.91. The van der Waals surface area contributed by atoms with E-state index in [0.29, 0.717) is 5.95 Å². The number of nitrogens with one attached hydrogen (secondary N) is 1. The Balaban J connectivity index is 1.73. The maximum atomic E-state index is 4.61. The van der Waals surface area contributed by atoms with E-state index < -0.39 is 0 Å². The summed E-state index contributed by atoms with van der Waals surface area (Å²) in [7, 11) is 0. The van der Waals surface area contributed by atoms with E-state index in [1.54, 1.807) is 12.4 Å². The van der Waals surface area contributed by atoms with Crippen molar-refractivity contribution in [2.75, 3.05) is 5.32 Å². The maximum Gasteiger partial charge on any atom is 0.228 e. The molecular formula is C19H16N4. The van der Waals surface area contributed by atoms with Crippen LogP contribution < -0.4 is 5.32 Å². The van der Waals surface area contributed by atoms with Crippen LogP contribution in [-0.4, -0.2) is 15.0 Å². The first-order chi connectivity index (χ1) is 11.3. The molecule has 1 N–H and O–H groups in total. The van der Waals surface area contributed by atoms with E-state index >= 15 is 0 Å². The van der Waals surface area contributed by atoms with Crippen LogP contribution in [0.2, 0.25) is 0 Å². The van der Waals surface area contributed by atoms with Gasteiger partial charge >= 0.3 is 0 Å². The summed E-state index contributed by atoms with van der Waals surface area (Å²) in [4.78, 5) is 13.3. The Morgan fingerprint density at radius 1 is 1.13 bits per heavy atom. The van der Waals surface area contributed by atoms with E-state index in [2.05, 4.69) is 56.7 Å². The summed E-state index contributed by atoms with van der Waals surface area (Å²) in [6.07, 6.45) is 11.1. The molecule has 112 valence electrons. The van der Waals surface area contributed by atoms with Crippen molar-refractivity contribution in [3.63, 3.8) is 0 Å². The van der Waals surface area contributed by atoms with Crippen LogP contribution in [0, 0.1) is 6.92 Å². The molecule has 1 aliphatic carbocycles. The molecule has 0 amide bonds. The summed E-state index contributed by atoms with van der Waals surface area (Å²) >= 11 is 0. The molecule has 0 fully saturated rings. The topological polar surface area (TPSA) is 50.7 Å². The number of fused-ring (bicyclic) bond motifs is 1. The highest BCUT2D eigenvalue weighted by molar-refractivity contribution is 5.88. The Bertz CT molecular complexity index is 927. The highest BCUT2D eigenvalue weighted by Crippen LogP contribution is 2.26. The predicted molar refractivity (Wildman–Crippen MR) is 93.5 cm³/mol. The lowest BCUT2D eigenvalue weighted by atomic mass is 10.0. The van der Waals surface area contributed by atoms with Gasteiger partial charge < -0.3 is 5.32 Å². The lowest BCUT2D eigenvalue weighted by Gasteiger charge is -2.09. The number of aromatic nitrogens is 3. The lowest BCUT2D eigenvalue weighted by molar-refractivity contribution is 1.15. The van der Waals surface area contributed by atoms with Crippen molar-refractivity contribution in [3.05, 3.63) is 72.2 Å². The van der Waals surface area contributed by atoms with Gasteiger partial charge in [-0.05, 0) is 48.7 Å². The maximum absolute atomic E-state index is 4.61. The van der Waals surface area contributed by atoms with Crippen LogP contribution >= 0.6 is 0 Å². The minimum absolute atomic E-state index is 0.593. The van der Waals surface area contributed by atoms with Crippen LogP contribution in [0.1, 0.15) is 17.7 Å². The third kappa shape index (κ3) is 2.71. The molecule has 23 heavy (non-hydrogen) atoms. The molecule has 0 atom stereocenters. The summed E-state index contributed by atoms with van der Waals surface area (Å²) in [5.41, 5.74) is 5.26. The fourth-order valence-corrected chi connectivity index (χ4v) is 2.75. The number of nitrogens with zero attached hydrogens (tertiary/aromatic N) is 3. The van der Waals surface area contributed by atoms with Crippen LogP contribution in [0.4, 0.5) is 11.6 Å². The smallest absolute Gasteiger partial charge is 0.228 e. The number of benzene rings is 1. The monoisotopic (exact) mass is 300 g/mol. The summed E-state index contributed by atoms with van der Waals surface area (Å²) in [5, 5.41) is 4.28. The SMILES string of the molecule is Cc1nc(Nc2cccnc2)nc2ccc(C3=CCC=C3)cc12. The minimum atomic E-state index is 0.593. The van der Waals surface area contributed by atoms with E-state index in [1.165, 1.54) is 11.1 Å². The Morgan fingerprint density at radius 2 is 2.09 bits per heavy atom. The molecule has 1 aliphatic rings. The molecule has 0 radical (unpaired) electrons. The van der Waals surface area contributed by atoms with Gasteiger partial charge in [0.2, 0.25) is 5.95 Å². The Labute approximate surface area is 134 Å². The van der Waals surface area contributed by atoms with Crippen molar-refractivity contribution in [1.82, 2.24) is 15.0 Å². The number of hydrogen-bond acceptors (Lipinski definition) is 4. The Kier molecular flexibility index (Phi) is 3.35. The van der Waals surface area contributed by atoms with Gasteiger partial charge in [0.05, 0.1) is 23.1 Å². The standard InChI is InChI=1S/C19H16N4/c1-13-17-11-15(14-5-2-3-6-14)8-9-18(17)23-19(21-13)22-16-7-4-10-20-12-16/h2,4-12H,3H2,1H3,(H,21,22,23). The number of aryl methyl sites for hydroxylation is 1.